The number of nitrogens with zero attached hydrogens (tertiary/aromatic N) is 4. The van der Waals surface area contributed by atoms with Gasteiger partial charge in [-0.2, -0.15) is 18.2 Å². The van der Waals surface area contributed by atoms with Crippen LogP contribution in [0.4, 0.5) is 24.9 Å². The van der Waals surface area contributed by atoms with Crippen LogP contribution in [0.3, 0.4) is 0 Å². The normalized spacial score (nSPS) is 20.5. The molecular weight excluding hydrogens is 547 g/mol. The first-order chi connectivity index (χ1) is 18.6. The van der Waals surface area contributed by atoms with Crippen LogP contribution in [0.15, 0.2) is 34.7 Å². The minimum atomic E-state index is -4.31. The molecule has 4 atom stereocenters. The highest BCUT2D eigenvalue weighted by Gasteiger charge is 2.37. The number of thiophene rings is 1. The van der Waals surface area contributed by atoms with Crippen LogP contribution < -0.4 is 15.5 Å². The van der Waals surface area contributed by atoms with E-state index in [1.54, 1.807) is 13.3 Å². The number of halogens is 3. The Balaban J connectivity index is 1.44. The molecule has 0 saturated heterocycles. The molecule has 2 aromatic heterocycles. The van der Waals surface area contributed by atoms with E-state index in [2.05, 4.69) is 25.0 Å². The number of anilines is 2. The van der Waals surface area contributed by atoms with Gasteiger partial charge in [-0.25, -0.2) is 9.38 Å². The molecule has 1 aliphatic carbocycles. The smallest absolute Gasteiger partial charge is 0.391 e. The Labute approximate surface area is 233 Å². The quantitative estimate of drug-likeness (QED) is 0.186. The van der Waals surface area contributed by atoms with E-state index in [4.69, 9.17) is 5.41 Å². The highest BCUT2D eigenvalue weighted by Crippen LogP contribution is 2.37. The minimum Gasteiger partial charge on any atom is -0.391 e. The summed E-state index contributed by atoms with van der Waals surface area (Å²) in [7, 11) is 3.48. The first-order valence-corrected chi connectivity index (χ1v) is 14.5. The summed E-state index contributed by atoms with van der Waals surface area (Å²) in [6, 6.07) is 9.33. The Kier molecular flexibility index (Phi) is 9.47. The van der Waals surface area contributed by atoms with Gasteiger partial charge in [-0.05, 0) is 42.0 Å². The maximum Gasteiger partial charge on any atom is 0.393 e. The number of aliphatic hydroxyl groups is 1. The standard InChI is InChI=1S/C26H32F3N7OS2/c1-31-25-34-23(20-10-19(11-26(27,28)29)39-24(20)35-25)36(2)21-8-18(9-22(21)37)32-13-15-4-6-16(7-5-15)17(12-30)14-33-38-3/h4-7,10,12,14,17-18,21-22,30,32,37H,8-9,11,13H2,1-3H3,(H,31,34,35)/t17?,18-,21+,22-/m1/s1. The molecule has 0 bridgehead atoms. The lowest BCUT2D eigenvalue weighted by atomic mass is 10.00. The number of nitrogens with one attached hydrogen (secondary N) is 3. The van der Waals surface area contributed by atoms with Crippen LogP contribution in [0.25, 0.3) is 10.2 Å². The molecule has 0 amide bonds. The van der Waals surface area contributed by atoms with E-state index in [9.17, 15) is 18.3 Å². The predicted octanol–water partition coefficient (Wildman–Crippen LogP) is 5.04. The number of hydrogen-bond acceptors (Lipinski definition) is 10. The van der Waals surface area contributed by atoms with E-state index < -0.39 is 18.7 Å². The zero-order valence-corrected chi connectivity index (χ0v) is 23.5. The van der Waals surface area contributed by atoms with Crippen LogP contribution >= 0.6 is 23.3 Å². The molecule has 8 nitrogen and oxygen atoms in total. The van der Waals surface area contributed by atoms with Crippen molar-refractivity contribution in [3.8, 4) is 0 Å². The number of fused-ring (bicyclic) bond motifs is 1. The number of hydrogen-bond donors (Lipinski definition) is 4. The van der Waals surface area contributed by atoms with Crippen molar-refractivity contribution >= 4 is 57.7 Å². The molecule has 4 N–H and O–H groups in total. The van der Waals surface area contributed by atoms with Crippen molar-refractivity contribution in [2.75, 3.05) is 30.6 Å². The lowest BCUT2D eigenvalue weighted by molar-refractivity contribution is -0.126. The molecule has 3 aromatic rings. The van der Waals surface area contributed by atoms with Gasteiger partial charge in [-0.3, -0.25) is 0 Å². The summed E-state index contributed by atoms with van der Waals surface area (Å²) in [5.74, 6) is 0.658. The average molecular weight is 580 g/mol. The molecule has 0 spiro atoms. The highest BCUT2D eigenvalue weighted by molar-refractivity contribution is 7.97. The molecule has 1 fully saturated rings. The van der Waals surface area contributed by atoms with Crippen molar-refractivity contribution in [3.63, 3.8) is 0 Å². The number of alkyl halides is 3. The molecule has 1 aromatic carbocycles. The molecule has 1 aliphatic rings. The van der Waals surface area contributed by atoms with E-state index >= 15 is 0 Å². The maximum absolute atomic E-state index is 13.0. The second-order valence-corrected chi connectivity index (χ2v) is 11.2. The summed E-state index contributed by atoms with van der Waals surface area (Å²) in [6.07, 6.45) is 0.229. The van der Waals surface area contributed by atoms with E-state index in [-0.39, 0.29) is 22.9 Å². The van der Waals surface area contributed by atoms with E-state index in [0.717, 1.165) is 22.5 Å². The van der Waals surface area contributed by atoms with Gasteiger partial charge in [-0.1, -0.05) is 24.3 Å². The number of rotatable bonds is 11. The van der Waals surface area contributed by atoms with Crippen molar-refractivity contribution in [2.45, 2.75) is 56.1 Å². The predicted molar refractivity (Wildman–Crippen MR) is 155 cm³/mol. The number of likely N-dealkylation sites (N-methyl/N-ethyl adjacent to an activating group) is 1. The summed E-state index contributed by atoms with van der Waals surface area (Å²) >= 11 is 2.36. The molecule has 4 rings (SSSR count). The van der Waals surface area contributed by atoms with Crippen LogP contribution in [0.1, 0.15) is 34.8 Å². The van der Waals surface area contributed by atoms with E-state index in [1.807, 2.05) is 42.5 Å². The molecule has 0 aliphatic heterocycles. The van der Waals surface area contributed by atoms with Crippen molar-refractivity contribution in [2.24, 2.45) is 4.40 Å². The minimum absolute atomic E-state index is 0.0551. The Morgan fingerprint density at radius 1 is 1.28 bits per heavy atom. The summed E-state index contributed by atoms with van der Waals surface area (Å²) in [5, 5.41) is 25.5. The van der Waals surface area contributed by atoms with Crippen molar-refractivity contribution in [1.29, 1.82) is 5.41 Å². The van der Waals surface area contributed by atoms with Crippen LogP contribution in [0, 0.1) is 5.41 Å². The second kappa shape index (κ2) is 12.6. The fourth-order valence-electron chi connectivity index (χ4n) is 4.83. The third-order valence-corrected chi connectivity index (χ3v) is 8.18. The fraction of sp³-hybridized carbons (Fsp3) is 0.462. The third kappa shape index (κ3) is 7.27. The third-order valence-electron chi connectivity index (χ3n) is 6.82. The first kappa shape index (κ1) is 29.2. The van der Waals surface area contributed by atoms with Gasteiger partial charge in [0.1, 0.15) is 10.6 Å². The van der Waals surface area contributed by atoms with Gasteiger partial charge >= 0.3 is 6.18 Å². The molecular formula is C26H32F3N7OS2. The molecule has 39 heavy (non-hydrogen) atoms. The summed E-state index contributed by atoms with van der Waals surface area (Å²) in [5.41, 5.74) is 2.08. The average Bonchev–Trinajstić information content (AvgIpc) is 3.48. The van der Waals surface area contributed by atoms with Gasteiger partial charge in [0.05, 0.1) is 29.9 Å². The Bertz CT molecular complexity index is 1300. The van der Waals surface area contributed by atoms with Gasteiger partial charge in [0.2, 0.25) is 5.95 Å². The SMILES string of the molecule is CNc1nc(N(C)[C@H]2C[C@@H](NCc3ccc(C(C=N)C=NSC)cc3)C[C@H]2O)c2cc(CC(F)(F)F)sc2n1. The number of aliphatic hydroxyl groups excluding tert-OH is 1. The van der Waals surface area contributed by atoms with Crippen molar-refractivity contribution in [3.05, 3.63) is 46.3 Å². The van der Waals surface area contributed by atoms with E-state index in [1.165, 1.54) is 24.2 Å². The van der Waals surface area contributed by atoms with Gasteiger partial charge in [0.25, 0.3) is 0 Å². The van der Waals surface area contributed by atoms with E-state index in [0.29, 0.717) is 41.4 Å². The largest absolute Gasteiger partial charge is 0.393 e. The topological polar surface area (TPSA) is 110 Å². The number of benzene rings is 1. The number of aromatic nitrogens is 2. The Morgan fingerprint density at radius 3 is 2.67 bits per heavy atom. The second-order valence-electron chi connectivity index (χ2n) is 9.51. The van der Waals surface area contributed by atoms with Crippen molar-refractivity contribution in [1.82, 2.24) is 15.3 Å². The lowest BCUT2D eigenvalue weighted by Crippen LogP contribution is -2.38. The summed E-state index contributed by atoms with van der Waals surface area (Å²) in [6.45, 7) is 0.620. The monoisotopic (exact) mass is 579 g/mol. The summed E-state index contributed by atoms with van der Waals surface area (Å²) in [4.78, 5) is 11.4. The van der Waals surface area contributed by atoms with Crippen LogP contribution in [-0.4, -0.2) is 72.2 Å². The van der Waals surface area contributed by atoms with Gasteiger partial charge < -0.3 is 26.0 Å². The zero-order chi connectivity index (χ0) is 28.2. The molecule has 13 heteroatoms. The van der Waals surface area contributed by atoms with Crippen LogP contribution in [0.5, 0.6) is 0 Å². The fourth-order valence-corrected chi connectivity index (χ4v) is 6.13. The Morgan fingerprint density at radius 2 is 2.03 bits per heavy atom. The molecule has 1 saturated carbocycles. The van der Waals surface area contributed by atoms with Crippen LogP contribution in [-0.2, 0) is 13.0 Å². The Hall–Kier alpha value is -2.74. The summed E-state index contributed by atoms with van der Waals surface area (Å²) < 4.78 is 43.2. The lowest BCUT2D eigenvalue weighted by Gasteiger charge is -2.29. The zero-order valence-electron chi connectivity index (χ0n) is 21.9. The first-order valence-electron chi connectivity index (χ1n) is 12.5. The van der Waals surface area contributed by atoms with Gasteiger partial charge in [0, 0.05) is 50.2 Å². The van der Waals surface area contributed by atoms with Crippen LogP contribution in [0.2, 0.25) is 0 Å². The molecule has 2 heterocycles. The molecule has 0 radical (unpaired) electrons. The maximum atomic E-state index is 13.0. The van der Waals surface area contributed by atoms with Gasteiger partial charge in [-0.15, -0.1) is 11.3 Å². The molecule has 1 unspecified atom stereocenters. The van der Waals surface area contributed by atoms with Crippen molar-refractivity contribution < 1.29 is 18.3 Å². The van der Waals surface area contributed by atoms with Gasteiger partial charge in [0.15, 0.2) is 0 Å². The highest BCUT2D eigenvalue weighted by atomic mass is 32.2. The molecule has 210 valence electrons.